The van der Waals surface area contributed by atoms with Crippen molar-refractivity contribution in [3.05, 3.63) is 101 Å². The van der Waals surface area contributed by atoms with Gasteiger partial charge in [-0.25, -0.2) is 4.99 Å². The number of amides is 1. The molecule has 3 N–H and O–H groups in total. The summed E-state index contributed by atoms with van der Waals surface area (Å²) in [7, 11) is 0. The normalized spacial score (nSPS) is 15.6. The molecular weight excluding hydrogens is 426 g/mol. The number of hydrogen-bond acceptors (Lipinski definition) is 6. The molecule has 170 valence electrons. The van der Waals surface area contributed by atoms with Crippen LogP contribution in [0.3, 0.4) is 0 Å². The lowest BCUT2D eigenvalue weighted by atomic mass is 9.95. The van der Waals surface area contributed by atoms with E-state index in [1.165, 1.54) is 0 Å². The molecule has 1 aliphatic heterocycles. The lowest BCUT2D eigenvalue weighted by Crippen LogP contribution is -2.37. The minimum atomic E-state index is -0.502. The summed E-state index contributed by atoms with van der Waals surface area (Å²) >= 11 is 0. The van der Waals surface area contributed by atoms with Crippen LogP contribution >= 0.6 is 0 Å². The fourth-order valence-corrected chi connectivity index (χ4v) is 3.95. The summed E-state index contributed by atoms with van der Waals surface area (Å²) in [5, 5.41) is 9.38. The smallest absolute Gasteiger partial charge is 0.302 e. The lowest BCUT2D eigenvalue weighted by Gasteiger charge is -2.26. The van der Waals surface area contributed by atoms with E-state index in [2.05, 4.69) is 20.9 Å². The number of anilines is 2. The molecule has 5 rings (SSSR count). The number of aromatic nitrogens is 1. The molecule has 0 unspecified atom stereocenters. The molecule has 0 radical (unpaired) electrons. The van der Waals surface area contributed by atoms with Crippen molar-refractivity contribution in [3.63, 3.8) is 0 Å². The molecule has 1 atom stereocenters. The van der Waals surface area contributed by atoms with Crippen LogP contribution in [0.15, 0.2) is 93.5 Å². The van der Waals surface area contributed by atoms with Crippen LogP contribution in [-0.2, 0) is 4.79 Å². The van der Waals surface area contributed by atoms with Gasteiger partial charge in [-0.1, -0.05) is 60.2 Å². The molecule has 4 aromatic rings. The predicted molar refractivity (Wildman–Crippen MR) is 135 cm³/mol. The van der Waals surface area contributed by atoms with Crippen molar-refractivity contribution in [1.82, 2.24) is 10.3 Å². The van der Waals surface area contributed by atoms with Gasteiger partial charge in [-0.05, 0) is 50.1 Å². The Bertz CT molecular complexity index is 1400. The van der Waals surface area contributed by atoms with E-state index in [1.807, 2.05) is 93.6 Å². The quantitative estimate of drug-likeness (QED) is 0.383. The minimum Gasteiger partial charge on any atom is -0.423 e. The largest absolute Gasteiger partial charge is 0.423 e. The number of carbonyl (C=O) groups excluding carboxylic acids is 1. The minimum absolute atomic E-state index is 0.200. The number of benzene rings is 3. The molecule has 34 heavy (non-hydrogen) atoms. The van der Waals surface area contributed by atoms with Gasteiger partial charge < -0.3 is 15.1 Å². The van der Waals surface area contributed by atoms with Crippen LogP contribution in [0.1, 0.15) is 29.7 Å². The van der Waals surface area contributed by atoms with E-state index in [9.17, 15) is 4.79 Å². The molecule has 1 amide bonds. The molecule has 0 bridgehead atoms. The Morgan fingerprint density at radius 1 is 0.941 bits per heavy atom. The van der Waals surface area contributed by atoms with Crippen LogP contribution in [0.2, 0.25) is 0 Å². The fraction of sp³-hybridized carbons (Fsp3) is 0.148. The molecule has 0 saturated carbocycles. The van der Waals surface area contributed by atoms with Gasteiger partial charge in [-0.3, -0.25) is 10.1 Å². The highest BCUT2D eigenvalue weighted by Gasteiger charge is 2.30. The first kappa shape index (κ1) is 21.5. The Morgan fingerprint density at radius 2 is 1.68 bits per heavy atom. The van der Waals surface area contributed by atoms with Gasteiger partial charge in [0.05, 0.1) is 5.57 Å². The van der Waals surface area contributed by atoms with Gasteiger partial charge in [0.1, 0.15) is 11.6 Å². The van der Waals surface area contributed by atoms with Gasteiger partial charge in [0, 0.05) is 11.4 Å². The number of para-hydroxylation sites is 3. The maximum Gasteiger partial charge on any atom is 0.302 e. The molecule has 7 heteroatoms. The highest BCUT2D eigenvalue weighted by Crippen LogP contribution is 2.32. The van der Waals surface area contributed by atoms with Crippen LogP contribution in [-0.4, -0.2) is 16.9 Å². The Morgan fingerprint density at radius 3 is 2.44 bits per heavy atom. The van der Waals surface area contributed by atoms with Gasteiger partial charge in [0.2, 0.25) is 5.96 Å². The van der Waals surface area contributed by atoms with Crippen molar-refractivity contribution in [2.24, 2.45) is 4.99 Å². The van der Waals surface area contributed by atoms with Gasteiger partial charge in [0.25, 0.3) is 5.91 Å². The number of guanidine groups is 1. The van der Waals surface area contributed by atoms with Crippen LogP contribution in [0.25, 0.3) is 11.1 Å². The number of allylic oxidation sites excluding steroid dienone is 1. The standard InChI is InChI=1S/C27H25N5O2/c1-16-12-14-19(15-13-16)24-23(25(33)29-20-9-5-4-8-17(20)2)18(3)28-26(31-24)32-27-30-21-10-6-7-11-22(21)34-27/h4-15,24H,1-3H3,(H,29,33)(H2,28,30,31,32)/t24-/m0/s1. The summed E-state index contributed by atoms with van der Waals surface area (Å²) in [4.78, 5) is 22.7. The van der Waals surface area contributed by atoms with Crippen molar-refractivity contribution < 1.29 is 9.21 Å². The van der Waals surface area contributed by atoms with E-state index >= 15 is 0 Å². The second kappa shape index (κ2) is 8.86. The molecule has 0 saturated heterocycles. The van der Waals surface area contributed by atoms with Crippen molar-refractivity contribution in [1.29, 1.82) is 0 Å². The zero-order chi connectivity index (χ0) is 23.7. The first-order valence-electron chi connectivity index (χ1n) is 11.1. The number of oxazole rings is 1. The van der Waals surface area contributed by atoms with Crippen molar-refractivity contribution in [2.45, 2.75) is 26.8 Å². The number of nitrogens with one attached hydrogen (secondary N) is 3. The van der Waals surface area contributed by atoms with E-state index in [1.54, 1.807) is 0 Å². The topological polar surface area (TPSA) is 91.5 Å². The monoisotopic (exact) mass is 451 g/mol. The average Bonchev–Trinajstić information content (AvgIpc) is 3.23. The third kappa shape index (κ3) is 4.28. The van der Waals surface area contributed by atoms with Crippen molar-refractivity contribution in [3.8, 4) is 0 Å². The highest BCUT2D eigenvalue weighted by molar-refractivity contribution is 6.08. The van der Waals surface area contributed by atoms with Crippen LogP contribution in [0, 0.1) is 13.8 Å². The molecule has 7 nitrogen and oxygen atoms in total. The summed E-state index contributed by atoms with van der Waals surface area (Å²) in [6.45, 7) is 5.87. The van der Waals surface area contributed by atoms with E-state index < -0.39 is 6.04 Å². The van der Waals surface area contributed by atoms with Gasteiger partial charge in [0.15, 0.2) is 5.58 Å². The second-order valence-corrected chi connectivity index (χ2v) is 8.34. The molecule has 1 aliphatic rings. The summed E-state index contributed by atoms with van der Waals surface area (Å²) in [6, 6.07) is 23.1. The number of fused-ring (bicyclic) bond motifs is 1. The van der Waals surface area contributed by atoms with Crippen molar-refractivity contribution >= 4 is 34.7 Å². The molecule has 3 aromatic carbocycles. The summed E-state index contributed by atoms with van der Waals surface area (Å²) in [5.41, 5.74) is 6.50. The zero-order valence-electron chi connectivity index (χ0n) is 19.2. The molecule has 1 aromatic heterocycles. The van der Waals surface area contributed by atoms with Crippen LogP contribution < -0.4 is 16.0 Å². The summed E-state index contributed by atoms with van der Waals surface area (Å²) < 4.78 is 5.79. The van der Waals surface area contributed by atoms with E-state index in [4.69, 9.17) is 9.41 Å². The van der Waals surface area contributed by atoms with Crippen molar-refractivity contribution in [2.75, 3.05) is 10.6 Å². The Balaban J connectivity index is 1.48. The van der Waals surface area contributed by atoms with Gasteiger partial charge in [-0.2, -0.15) is 4.98 Å². The van der Waals surface area contributed by atoms with Crippen LogP contribution in [0.5, 0.6) is 0 Å². The SMILES string of the molecule is CC1=C(C(=O)Nc2ccccc2C)[C@H](c2ccc(C)cc2)N=C(Nc2nc3ccccc3o2)N1. The number of nitrogens with zero attached hydrogens (tertiary/aromatic N) is 2. The number of hydrogen-bond donors (Lipinski definition) is 3. The third-order valence-corrected chi connectivity index (χ3v) is 5.79. The molecule has 2 heterocycles. The Hall–Kier alpha value is -4.39. The lowest BCUT2D eigenvalue weighted by molar-refractivity contribution is -0.113. The van der Waals surface area contributed by atoms with E-state index in [0.29, 0.717) is 28.8 Å². The van der Waals surface area contributed by atoms with Gasteiger partial charge >= 0.3 is 6.01 Å². The Labute approximate surface area is 197 Å². The average molecular weight is 452 g/mol. The maximum absolute atomic E-state index is 13.4. The fourth-order valence-electron chi connectivity index (χ4n) is 3.95. The number of carbonyl (C=O) groups is 1. The maximum atomic E-state index is 13.4. The molecule has 0 aliphatic carbocycles. The Kier molecular flexibility index (Phi) is 5.59. The summed E-state index contributed by atoms with van der Waals surface area (Å²) in [6.07, 6.45) is 0. The molecule has 0 fully saturated rings. The molecule has 0 spiro atoms. The number of rotatable bonds is 4. The predicted octanol–water partition coefficient (Wildman–Crippen LogP) is 5.47. The number of aryl methyl sites for hydroxylation is 2. The second-order valence-electron chi connectivity index (χ2n) is 8.34. The number of aliphatic imine (C=N–C) groups is 1. The van der Waals surface area contributed by atoms with E-state index in [-0.39, 0.29) is 5.91 Å². The van der Waals surface area contributed by atoms with Gasteiger partial charge in [-0.15, -0.1) is 0 Å². The highest BCUT2D eigenvalue weighted by atomic mass is 16.4. The van der Waals surface area contributed by atoms with E-state index in [0.717, 1.165) is 27.9 Å². The zero-order valence-corrected chi connectivity index (χ0v) is 19.2. The first-order valence-corrected chi connectivity index (χ1v) is 11.1. The first-order chi connectivity index (χ1) is 16.5. The molecular formula is C27H25N5O2. The summed E-state index contributed by atoms with van der Waals surface area (Å²) in [5.74, 6) is 0.261. The third-order valence-electron chi connectivity index (χ3n) is 5.79. The van der Waals surface area contributed by atoms with Crippen LogP contribution in [0.4, 0.5) is 11.7 Å².